The van der Waals surface area contributed by atoms with E-state index in [1.54, 1.807) is 17.5 Å². The monoisotopic (exact) mass is 618 g/mol. The van der Waals surface area contributed by atoms with E-state index in [1.165, 1.54) is 6.92 Å². The minimum atomic E-state index is -5.00. The lowest BCUT2D eigenvalue weighted by Gasteiger charge is -2.27. The SMILES string of the molecule is CC(=O)Nc1nc(C2(C(=O)NCc3cc(C(F)(F)F)cc(C(F)(F)F)c3)CCC(NCc3ccc(Cl)cc3)C2)cs1. The molecule has 0 radical (unpaired) electrons. The molecule has 2 amide bonds. The van der Waals surface area contributed by atoms with E-state index in [1.807, 2.05) is 12.1 Å². The number of hydrogen-bond donors (Lipinski definition) is 3. The fourth-order valence-electron chi connectivity index (χ4n) is 4.81. The largest absolute Gasteiger partial charge is 0.416 e. The van der Waals surface area contributed by atoms with E-state index >= 15 is 0 Å². The molecule has 2 unspecified atom stereocenters. The fourth-order valence-corrected chi connectivity index (χ4v) is 5.79. The number of alkyl halides is 6. The first kappa shape index (κ1) is 30.8. The van der Waals surface area contributed by atoms with Gasteiger partial charge in [-0.05, 0) is 60.7 Å². The van der Waals surface area contributed by atoms with E-state index in [4.69, 9.17) is 11.6 Å². The molecule has 1 aromatic heterocycles. The van der Waals surface area contributed by atoms with E-state index in [-0.39, 0.29) is 35.1 Å². The molecule has 2 aromatic carbocycles. The second-order valence-corrected chi connectivity index (χ2v) is 11.1. The van der Waals surface area contributed by atoms with Crippen LogP contribution in [0, 0.1) is 0 Å². The Morgan fingerprint density at radius 2 is 1.63 bits per heavy atom. The van der Waals surface area contributed by atoms with Gasteiger partial charge in [0.25, 0.3) is 0 Å². The highest BCUT2D eigenvalue weighted by molar-refractivity contribution is 7.14. The van der Waals surface area contributed by atoms with E-state index in [2.05, 4.69) is 20.9 Å². The maximum atomic E-state index is 13.7. The Morgan fingerprint density at radius 3 is 2.22 bits per heavy atom. The number of carbonyl (C=O) groups is 2. The Morgan fingerprint density at radius 1 is 1.00 bits per heavy atom. The summed E-state index contributed by atoms with van der Waals surface area (Å²) < 4.78 is 79.9. The van der Waals surface area contributed by atoms with E-state index in [0.29, 0.717) is 42.2 Å². The summed E-state index contributed by atoms with van der Waals surface area (Å²) in [5, 5.41) is 11.0. The van der Waals surface area contributed by atoms with Crippen molar-refractivity contribution in [3.63, 3.8) is 0 Å². The molecule has 0 saturated heterocycles. The predicted octanol–water partition coefficient (Wildman–Crippen LogP) is 6.69. The number of carbonyl (C=O) groups excluding carboxylic acids is 2. The molecule has 1 fully saturated rings. The van der Waals surface area contributed by atoms with Gasteiger partial charge in [-0.1, -0.05) is 23.7 Å². The van der Waals surface area contributed by atoms with Crippen LogP contribution >= 0.6 is 22.9 Å². The number of benzene rings is 2. The van der Waals surface area contributed by atoms with Crippen LogP contribution in [0.2, 0.25) is 5.02 Å². The van der Waals surface area contributed by atoms with Gasteiger partial charge in [-0.25, -0.2) is 4.98 Å². The zero-order valence-corrected chi connectivity index (χ0v) is 23.1. The van der Waals surface area contributed by atoms with Gasteiger partial charge in [0, 0.05) is 36.5 Å². The molecule has 1 aliphatic carbocycles. The van der Waals surface area contributed by atoms with Crippen molar-refractivity contribution in [2.24, 2.45) is 0 Å². The number of aromatic nitrogens is 1. The molecule has 1 heterocycles. The highest BCUT2D eigenvalue weighted by Crippen LogP contribution is 2.43. The van der Waals surface area contributed by atoms with Crippen LogP contribution in [0.5, 0.6) is 0 Å². The topological polar surface area (TPSA) is 83.1 Å². The lowest BCUT2D eigenvalue weighted by atomic mass is 9.81. The number of amides is 2. The van der Waals surface area contributed by atoms with Gasteiger partial charge in [-0.2, -0.15) is 26.3 Å². The predicted molar refractivity (Wildman–Crippen MR) is 142 cm³/mol. The molecule has 3 N–H and O–H groups in total. The summed E-state index contributed by atoms with van der Waals surface area (Å²) in [6.07, 6.45) is -8.87. The van der Waals surface area contributed by atoms with Crippen LogP contribution in [0.1, 0.15) is 54.1 Å². The first-order valence-electron chi connectivity index (χ1n) is 12.4. The third-order valence-corrected chi connectivity index (χ3v) is 7.84. The second-order valence-electron chi connectivity index (χ2n) is 9.85. The van der Waals surface area contributed by atoms with Crippen LogP contribution < -0.4 is 16.0 Å². The van der Waals surface area contributed by atoms with E-state index < -0.39 is 41.3 Å². The highest BCUT2D eigenvalue weighted by atomic mass is 35.5. The number of nitrogens with zero attached hydrogens (tertiary/aromatic N) is 1. The van der Waals surface area contributed by atoms with Gasteiger partial charge in [0.2, 0.25) is 11.8 Å². The molecule has 14 heteroatoms. The van der Waals surface area contributed by atoms with Crippen LogP contribution in [0.25, 0.3) is 0 Å². The molecule has 4 rings (SSSR count). The molecule has 41 heavy (non-hydrogen) atoms. The average Bonchev–Trinajstić information content (AvgIpc) is 3.53. The summed E-state index contributed by atoms with van der Waals surface area (Å²) in [6.45, 7) is 1.23. The Labute approximate surface area is 240 Å². The Kier molecular flexibility index (Phi) is 9.00. The molecule has 6 nitrogen and oxygen atoms in total. The van der Waals surface area contributed by atoms with Crippen LogP contribution in [0.4, 0.5) is 31.5 Å². The number of halogens is 7. The van der Waals surface area contributed by atoms with Crippen LogP contribution in [0.15, 0.2) is 47.8 Å². The molecule has 1 aliphatic rings. The molecule has 2 atom stereocenters. The van der Waals surface area contributed by atoms with Crippen molar-refractivity contribution in [2.45, 2.75) is 63.1 Å². The summed E-state index contributed by atoms with van der Waals surface area (Å²) in [7, 11) is 0. The maximum absolute atomic E-state index is 13.7. The minimum absolute atomic E-state index is 0.0412. The van der Waals surface area contributed by atoms with Crippen molar-refractivity contribution >= 4 is 39.9 Å². The molecule has 1 saturated carbocycles. The van der Waals surface area contributed by atoms with Gasteiger partial charge in [0.15, 0.2) is 5.13 Å². The lowest BCUT2D eigenvalue weighted by molar-refractivity contribution is -0.143. The second kappa shape index (κ2) is 12.0. The summed E-state index contributed by atoms with van der Waals surface area (Å²) in [6, 6.07) is 8.29. The lowest BCUT2D eigenvalue weighted by Crippen LogP contribution is -2.44. The minimum Gasteiger partial charge on any atom is -0.351 e. The molecular formula is C27H25ClF6N4O2S. The van der Waals surface area contributed by atoms with E-state index in [0.717, 1.165) is 16.9 Å². The van der Waals surface area contributed by atoms with Crippen LogP contribution in [-0.2, 0) is 40.4 Å². The zero-order valence-electron chi connectivity index (χ0n) is 21.5. The zero-order chi connectivity index (χ0) is 30.0. The fraction of sp³-hybridized carbons (Fsp3) is 0.370. The van der Waals surface area contributed by atoms with Crippen molar-refractivity contribution < 1.29 is 35.9 Å². The van der Waals surface area contributed by atoms with Gasteiger partial charge in [-0.15, -0.1) is 11.3 Å². The summed E-state index contributed by atoms with van der Waals surface area (Å²) in [4.78, 5) is 29.6. The molecular weight excluding hydrogens is 594 g/mol. The third kappa shape index (κ3) is 7.57. The molecule has 0 bridgehead atoms. The number of anilines is 1. The molecule has 0 aliphatic heterocycles. The third-order valence-electron chi connectivity index (χ3n) is 6.84. The van der Waals surface area contributed by atoms with Gasteiger partial charge < -0.3 is 16.0 Å². The van der Waals surface area contributed by atoms with Gasteiger partial charge in [-0.3, -0.25) is 9.59 Å². The molecule has 0 spiro atoms. The smallest absolute Gasteiger partial charge is 0.351 e. The Hall–Kier alpha value is -3.16. The maximum Gasteiger partial charge on any atom is 0.416 e. The number of hydrogen-bond acceptors (Lipinski definition) is 5. The van der Waals surface area contributed by atoms with Crippen molar-refractivity contribution in [1.82, 2.24) is 15.6 Å². The number of rotatable bonds is 8. The molecule has 220 valence electrons. The highest BCUT2D eigenvalue weighted by Gasteiger charge is 2.48. The van der Waals surface area contributed by atoms with Crippen LogP contribution in [0.3, 0.4) is 0 Å². The normalized spacial score (nSPS) is 19.3. The number of nitrogens with one attached hydrogen (secondary N) is 3. The molecule has 3 aromatic rings. The standard InChI is InChI=1S/C27H25ClF6N4O2S/c1-15(39)37-24-38-22(14-41-24)25(7-6-21(11-25)35-12-16-2-4-20(28)5-3-16)23(40)36-13-17-8-18(26(29,30)31)10-19(9-17)27(32,33)34/h2-5,8-10,14,21,35H,6-7,11-13H2,1H3,(H,36,40)(H,37,38,39). The van der Waals surface area contributed by atoms with Gasteiger partial charge in [0.05, 0.1) is 22.2 Å². The van der Waals surface area contributed by atoms with Crippen molar-refractivity contribution in [2.75, 3.05) is 5.32 Å². The quantitative estimate of drug-likeness (QED) is 0.246. The average molecular weight is 619 g/mol. The van der Waals surface area contributed by atoms with Crippen molar-refractivity contribution in [3.05, 3.63) is 80.8 Å². The van der Waals surface area contributed by atoms with Gasteiger partial charge in [0.1, 0.15) is 0 Å². The summed E-state index contributed by atoms with van der Waals surface area (Å²) in [5.74, 6) is -0.942. The van der Waals surface area contributed by atoms with Crippen LogP contribution in [-0.4, -0.2) is 22.8 Å². The Bertz CT molecular complexity index is 1380. The summed E-state index contributed by atoms with van der Waals surface area (Å²) in [5.41, 5.74) is -3.17. The van der Waals surface area contributed by atoms with Crippen molar-refractivity contribution in [1.29, 1.82) is 0 Å². The Balaban J connectivity index is 1.57. The van der Waals surface area contributed by atoms with E-state index in [9.17, 15) is 35.9 Å². The first-order chi connectivity index (χ1) is 19.2. The first-order valence-corrected chi connectivity index (χ1v) is 13.7. The van der Waals surface area contributed by atoms with Crippen molar-refractivity contribution in [3.8, 4) is 0 Å². The summed E-state index contributed by atoms with van der Waals surface area (Å²) >= 11 is 7.05. The van der Waals surface area contributed by atoms with Gasteiger partial charge >= 0.3 is 12.4 Å². The number of thiazole rings is 1.